The van der Waals surface area contributed by atoms with E-state index in [9.17, 15) is 0 Å². The Hall–Kier alpha value is -7.72. The van der Waals surface area contributed by atoms with Gasteiger partial charge in [0.05, 0.1) is 0 Å². The predicted molar refractivity (Wildman–Crippen MR) is 261 cm³/mol. The lowest BCUT2D eigenvalue weighted by Crippen LogP contribution is -2.10. The van der Waals surface area contributed by atoms with Crippen molar-refractivity contribution >= 4 is 81.3 Å². The van der Waals surface area contributed by atoms with Crippen molar-refractivity contribution in [1.29, 1.82) is 0 Å². The second-order valence-corrected chi connectivity index (χ2v) is 16.7. The van der Waals surface area contributed by atoms with Crippen molar-refractivity contribution in [1.82, 2.24) is 0 Å². The summed E-state index contributed by atoms with van der Waals surface area (Å²) >= 11 is 1.87. The van der Waals surface area contributed by atoms with Crippen LogP contribution >= 0.6 is 11.3 Å². The Morgan fingerprint density at radius 2 is 0.902 bits per heavy atom. The van der Waals surface area contributed by atoms with Crippen molar-refractivity contribution in [2.75, 3.05) is 4.90 Å². The molecule has 0 aliphatic heterocycles. The van der Waals surface area contributed by atoms with Crippen molar-refractivity contribution in [2.45, 2.75) is 0 Å². The highest BCUT2D eigenvalue weighted by Crippen LogP contribution is 2.43. The number of furan rings is 1. The average molecular weight is 796 g/mol. The van der Waals surface area contributed by atoms with Gasteiger partial charge in [-0.05, 0) is 116 Å². The molecule has 286 valence electrons. The van der Waals surface area contributed by atoms with Gasteiger partial charge in [-0.3, -0.25) is 0 Å². The van der Waals surface area contributed by atoms with E-state index in [1.807, 2.05) is 23.5 Å². The first-order chi connectivity index (χ1) is 30.2. The molecular formula is C58H37NOS. The van der Waals surface area contributed by atoms with Crippen LogP contribution < -0.4 is 4.90 Å². The van der Waals surface area contributed by atoms with Crippen LogP contribution in [0.1, 0.15) is 0 Å². The molecular weight excluding hydrogens is 759 g/mol. The summed E-state index contributed by atoms with van der Waals surface area (Å²) in [4.78, 5) is 2.37. The topological polar surface area (TPSA) is 16.4 Å². The number of thiophene rings is 1. The minimum Gasteiger partial charge on any atom is -0.456 e. The third kappa shape index (κ3) is 6.18. The highest BCUT2D eigenvalue weighted by Gasteiger charge is 2.18. The van der Waals surface area contributed by atoms with Crippen molar-refractivity contribution in [2.24, 2.45) is 0 Å². The second-order valence-electron chi connectivity index (χ2n) is 15.7. The molecule has 0 radical (unpaired) electrons. The molecule has 0 unspecified atom stereocenters. The lowest BCUT2D eigenvalue weighted by Gasteiger charge is -2.26. The van der Waals surface area contributed by atoms with Crippen LogP contribution in [-0.2, 0) is 0 Å². The molecule has 2 aromatic heterocycles. The summed E-state index contributed by atoms with van der Waals surface area (Å²) in [7, 11) is 0. The van der Waals surface area contributed by atoms with E-state index in [1.165, 1.54) is 64.3 Å². The molecule has 0 saturated carbocycles. The van der Waals surface area contributed by atoms with E-state index in [4.69, 9.17) is 4.42 Å². The Morgan fingerprint density at radius 3 is 1.70 bits per heavy atom. The van der Waals surface area contributed by atoms with Gasteiger partial charge in [0.1, 0.15) is 11.2 Å². The van der Waals surface area contributed by atoms with Crippen molar-refractivity contribution in [3.05, 3.63) is 224 Å². The first-order valence-electron chi connectivity index (χ1n) is 20.7. The van der Waals surface area contributed by atoms with Crippen LogP contribution in [0.3, 0.4) is 0 Å². The number of rotatable bonds is 7. The molecule has 0 fully saturated rings. The quantitative estimate of drug-likeness (QED) is 0.160. The van der Waals surface area contributed by atoms with Crippen molar-refractivity contribution < 1.29 is 4.42 Å². The molecule has 10 aromatic carbocycles. The SMILES string of the molecule is c1cc(-c2cccc3oc4ccccc4c23)cc(N(c2ccc(-c3ccc(-c4ccc5ccccc5c4)cc3)cc2)c2ccc(-c3cccc4c3sc3ccccc34)cc2)c1. The van der Waals surface area contributed by atoms with Gasteiger partial charge in [0.2, 0.25) is 0 Å². The molecule has 0 saturated heterocycles. The Labute approximate surface area is 357 Å². The Bertz CT molecular complexity index is 3580. The Kier molecular flexibility index (Phi) is 8.39. The molecule has 0 atom stereocenters. The number of benzene rings is 10. The fraction of sp³-hybridized carbons (Fsp3) is 0. The third-order valence-corrected chi connectivity index (χ3v) is 13.3. The van der Waals surface area contributed by atoms with E-state index in [0.717, 1.165) is 50.1 Å². The Morgan fingerprint density at radius 1 is 0.328 bits per heavy atom. The van der Waals surface area contributed by atoms with Gasteiger partial charge in [-0.2, -0.15) is 0 Å². The van der Waals surface area contributed by atoms with Gasteiger partial charge in [-0.25, -0.2) is 0 Å². The van der Waals surface area contributed by atoms with E-state index >= 15 is 0 Å². The number of anilines is 3. The first-order valence-corrected chi connectivity index (χ1v) is 21.5. The van der Waals surface area contributed by atoms with E-state index in [0.29, 0.717) is 0 Å². The fourth-order valence-corrected chi connectivity index (χ4v) is 10.3. The fourth-order valence-electron chi connectivity index (χ4n) is 9.07. The number of nitrogens with zero attached hydrogens (tertiary/aromatic N) is 1. The van der Waals surface area contributed by atoms with E-state index in [1.54, 1.807) is 0 Å². The minimum absolute atomic E-state index is 0.895. The maximum Gasteiger partial charge on any atom is 0.136 e. The third-order valence-electron chi connectivity index (χ3n) is 12.1. The number of hydrogen-bond acceptors (Lipinski definition) is 3. The maximum absolute atomic E-state index is 6.30. The highest BCUT2D eigenvalue weighted by atomic mass is 32.1. The van der Waals surface area contributed by atoms with Crippen LogP contribution in [0.15, 0.2) is 229 Å². The molecule has 0 bridgehead atoms. The summed E-state index contributed by atoms with van der Waals surface area (Å²) in [6.07, 6.45) is 0. The molecule has 2 nitrogen and oxygen atoms in total. The molecule has 12 aromatic rings. The van der Waals surface area contributed by atoms with Crippen molar-refractivity contribution in [3.8, 4) is 44.5 Å². The smallest absolute Gasteiger partial charge is 0.136 e. The van der Waals surface area contributed by atoms with Crippen LogP contribution in [0, 0.1) is 0 Å². The Balaban J connectivity index is 0.935. The summed E-state index contributed by atoms with van der Waals surface area (Å²) in [5.74, 6) is 0. The average Bonchev–Trinajstić information content (AvgIpc) is 3.91. The maximum atomic E-state index is 6.30. The number of fused-ring (bicyclic) bond motifs is 7. The highest BCUT2D eigenvalue weighted by molar-refractivity contribution is 7.26. The van der Waals surface area contributed by atoms with Crippen LogP contribution in [-0.4, -0.2) is 0 Å². The first kappa shape index (κ1) is 35.2. The monoisotopic (exact) mass is 795 g/mol. The lowest BCUT2D eigenvalue weighted by atomic mass is 9.97. The molecule has 0 spiro atoms. The van der Waals surface area contributed by atoms with E-state index in [-0.39, 0.29) is 0 Å². The second kappa shape index (κ2) is 14.5. The van der Waals surface area contributed by atoms with Gasteiger partial charge in [0, 0.05) is 48.0 Å². The van der Waals surface area contributed by atoms with Crippen LogP contribution in [0.2, 0.25) is 0 Å². The number of para-hydroxylation sites is 1. The molecule has 0 aliphatic carbocycles. The summed E-state index contributed by atoms with van der Waals surface area (Å²) in [5, 5.41) is 7.40. The van der Waals surface area contributed by atoms with Crippen LogP contribution in [0.25, 0.3) is 97.4 Å². The normalized spacial score (nSPS) is 11.6. The largest absolute Gasteiger partial charge is 0.456 e. The van der Waals surface area contributed by atoms with Crippen LogP contribution in [0.5, 0.6) is 0 Å². The molecule has 0 N–H and O–H groups in total. The summed E-state index contributed by atoms with van der Waals surface area (Å²) in [6.45, 7) is 0. The van der Waals surface area contributed by atoms with E-state index in [2.05, 4.69) is 217 Å². The van der Waals surface area contributed by atoms with Gasteiger partial charge in [-0.1, -0.05) is 164 Å². The van der Waals surface area contributed by atoms with E-state index < -0.39 is 0 Å². The molecule has 61 heavy (non-hydrogen) atoms. The standard InChI is InChI=1S/C58H37NOS/c1-2-11-43-36-44(27-26-38(43)10-1)41-24-22-39(23-25-41)40-28-32-46(33-29-40)59(47-34-30-42(31-35-47)50-17-8-18-52-51-14-4-6-21-56(51)61-58(50)52)48-13-7-12-45(37-48)49-16-9-20-55-57(49)53-15-3-5-19-54(53)60-55/h1-37H. The zero-order valence-electron chi connectivity index (χ0n) is 33.1. The van der Waals surface area contributed by atoms with Gasteiger partial charge >= 0.3 is 0 Å². The summed E-state index contributed by atoms with van der Waals surface area (Å²) in [5.41, 5.74) is 14.6. The minimum atomic E-state index is 0.895. The molecule has 0 aliphatic rings. The zero-order chi connectivity index (χ0) is 40.3. The van der Waals surface area contributed by atoms with Gasteiger partial charge in [0.25, 0.3) is 0 Å². The molecule has 12 rings (SSSR count). The van der Waals surface area contributed by atoms with Crippen LogP contribution in [0.4, 0.5) is 17.1 Å². The van der Waals surface area contributed by atoms with Gasteiger partial charge < -0.3 is 9.32 Å². The summed E-state index contributed by atoms with van der Waals surface area (Å²) < 4.78 is 8.94. The lowest BCUT2D eigenvalue weighted by molar-refractivity contribution is 0.669. The predicted octanol–water partition coefficient (Wildman–Crippen LogP) is 17.2. The zero-order valence-corrected chi connectivity index (χ0v) is 33.9. The van der Waals surface area contributed by atoms with Gasteiger partial charge in [-0.15, -0.1) is 11.3 Å². The number of hydrogen-bond donors (Lipinski definition) is 0. The summed E-state index contributed by atoms with van der Waals surface area (Å²) in [6, 6.07) is 81.2. The molecule has 0 amide bonds. The van der Waals surface area contributed by atoms with Crippen molar-refractivity contribution in [3.63, 3.8) is 0 Å². The van der Waals surface area contributed by atoms with Gasteiger partial charge in [0.15, 0.2) is 0 Å². The molecule has 3 heteroatoms. The molecule has 2 heterocycles.